The van der Waals surface area contributed by atoms with Gasteiger partial charge in [0.25, 0.3) is 0 Å². The van der Waals surface area contributed by atoms with E-state index in [1.807, 2.05) is 24.3 Å². The Labute approximate surface area is 242 Å². The van der Waals surface area contributed by atoms with Gasteiger partial charge in [0, 0.05) is 0 Å². The standard InChI is InChI=1S/C36H50O4/c1-3-5-7-27-9-13-29(14-10-27)31-17-21-33(22-18-31)39-35(37)25-26-36(38)40-34-23-19-32(20-24-34)30-15-11-28(12-16-30)8-6-4-2/h17-24,27-30H,3-16,25-26H2,1-2H3. The van der Waals surface area contributed by atoms with Crippen molar-refractivity contribution in [1.82, 2.24) is 0 Å². The topological polar surface area (TPSA) is 52.6 Å². The van der Waals surface area contributed by atoms with E-state index in [4.69, 9.17) is 9.47 Å². The van der Waals surface area contributed by atoms with E-state index < -0.39 is 11.9 Å². The molecule has 218 valence electrons. The first-order chi connectivity index (χ1) is 19.5. The van der Waals surface area contributed by atoms with E-state index in [0.29, 0.717) is 23.3 Å². The summed E-state index contributed by atoms with van der Waals surface area (Å²) in [6.07, 6.45) is 18.3. The second kappa shape index (κ2) is 16.0. The van der Waals surface area contributed by atoms with Crippen LogP contribution in [0.25, 0.3) is 0 Å². The van der Waals surface area contributed by atoms with E-state index >= 15 is 0 Å². The summed E-state index contributed by atoms with van der Waals surface area (Å²) >= 11 is 0. The monoisotopic (exact) mass is 546 g/mol. The molecular formula is C36H50O4. The zero-order valence-electron chi connectivity index (χ0n) is 24.9. The van der Waals surface area contributed by atoms with Crippen LogP contribution >= 0.6 is 0 Å². The largest absolute Gasteiger partial charge is 0.427 e. The van der Waals surface area contributed by atoms with Crippen LogP contribution in [0.15, 0.2) is 48.5 Å². The van der Waals surface area contributed by atoms with E-state index in [2.05, 4.69) is 38.1 Å². The molecule has 0 heterocycles. The van der Waals surface area contributed by atoms with Crippen LogP contribution in [-0.4, -0.2) is 11.9 Å². The van der Waals surface area contributed by atoms with Crippen LogP contribution in [0.5, 0.6) is 11.5 Å². The van der Waals surface area contributed by atoms with Gasteiger partial charge in [-0.2, -0.15) is 0 Å². The number of hydrogen-bond donors (Lipinski definition) is 0. The van der Waals surface area contributed by atoms with Gasteiger partial charge in [0.05, 0.1) is 12.8 Å². The Morgan fingerprint density at radius 3 is 1.25 bits per heavy atom. The molecule has 0 bridgehead atoms. The quantitative estimate of drug-likeness (QED) is 0.185. The van der Waals surface area contributed by atoms with Crippen molar-refractivity contribution in [3.8, 4) is 11.5 Å². The minimum Gasteiger partial charge on any atom is -0.427 e. The summed E-state index contributed by atoms with van der Waals surface area (Å²) in [6.45, 7) is 4.54. The number of esters is 2. The number of benzene rings is 2. The lowest BCUT2D eigenvalue weighted by Crippen LogP contribution is -2.15. The maximum atomic E-state index is 12.3. The summed E-state index contributed by atoms with van der Waals surface area (Å²) in [5.74, 6) is 3.26. The number of unbranched alkanes of at least 4 members (excludes halogenated alkanes) is 2. The minimum absolute atomic E-state index is 0.00170. The smallest absolute Gasteiger partial charge is 0.311 e. The molecule has 0 spiro atoms. The molecule has 0 aliphatic heterocycles. The highest BCUT2D eigenvalue weighted by Gasteiger charge is 2.23. The molecule has 0 amide bonds. The Kier molecular flexibility index (Phi) is 12.1. The van der Waals surface area contributed by atoms with Gasteiger partial charge >= 0.3 is 11.9 Å². The van der Waals surface area contributed by atoms with Crippen LogP contribution in [0, 0.1) is 11.8 Å². The first-order valence-corrected chi connectivity index (χ1v) is 16.1. The predicted molar refractivity (Wildman–Crippen MR) is 162 cm³/mol. The summed E-state index contributed by atoms with van der Waals surface area (Å²) in [7, 11) is 0. The van der Waals surface area contributed by atoms with Crippen molar-refractivity contribution in [2.45, 2.75) is 128 Å². The zero-order chi connectivity index (χ0) is 28.2. The molecule has 0 radical (unpaired) electrons. The number of carbonyl (C=O) groups excluding carboxylic acids is 2. The SMILES string of the molecule is CCCCC1CCC(c2ccc(OC(=O)CCC(=O)Oc3ccc(C4CCC(CCCC)CC4)cc3)cc2)CC1. The Hall–Kier alpha value is -2.62. The molecule has 0 N–H and O–H groups in total. The van der Waals surface area contributed by atoms with E-state index in [1.54, 1.807) is 0 Å². The molecule has 2 aliphatic carbocycles. The van der Waals surface area contributed by atoms with Crippen LogP contribution in [-0.2, 0) is 9.59 Å². The van der Waals surface area contributed by atoms with Gasteiger partial charge in [-0.1, -0.05) is 76.6 Å². The molecule has 4 nitrogen and oxygen atoms in total. The van der Waals surface area contributed by atoms with Gasteiger partial charge < -0.3 is 9.47 Å². The van der Waals surface area contributed by atoms with E-state index in [1.165, 1.54) is 101 Å². The van der Waals surface area contributed by atoms with Crippen molar-refractivity contribution in [2.24, 2.45) is 11.8 Å². The molecule has 0 atom stereocenters. The molecule has 0 aromatic heterocycles. The fourth-order valence-corrected chi connectivity index (χ4v) is 6.74. The zero-order valence-corrected chi connectivity index (χ0v) is 24.9. The predicted octanol–water partition coefficient (Wildman–Crippen LogP) is 9.91. The van der Waals surface area contributed by atoms with Crippen LogP contribution in [0.1, 0.15) is 140 Å². The van der Waals surface area contributed by atoms with E-state index in [-0.39, 0.29) is 12.8 Å². The molecule has 2 fully saturated rings. The third kappa shape index (κ3) is 9.49. The van der Waals surface area contributed by atoms with Gasteiger partial charge in [-0.3, -0.25) is 9.59 Å². The normalized spacial score (nSPS) is 22.9. The molecule has 4 heteroatoms. The highest BCUT2D eigenvalue weighted by molar-refractivity contribution is 5.80. The van der Waals surface area contributed by atoms with Crippen molar-refractivity contribution in [3.63, 3.8) is 0 Å². The molecular weight excluding hydrogens is 496 g/mol. The van der Waals surface area contributed by atoms with Gasteiger partial charge in [0.15, 0.2) is 0 Å². The summed E-state index contributed by atoms with van der Waals surface area (Å²) in [4.78, 5) is 24.7. The third-order valence-corrected chi connectivity index (χ3v) is 9.32. The highest BCUT2D eigenvalue weighted by Crippen LogP contribution is 2.39. The molecule has 0 saturated heterocycles. The van der Waals surface area contributed by atoms with Crippen molar-refractivity contribution in [1.29, 1.82) is 0 Å². The summed E-state index contributed by atoms with van der Waals surface area (Å²) in [5.41, 5.74) is 2.67. The third-order valence-electron chi connectivity index (χ3n) is 9.32. The highest BCUT2D eigenvalue weighted by atomic mass is 16.5. The summed E-state index contributed by atoms with van der Waals surface area (Å²) in [6, 6.07) is 15.9. The molecule has 2 aromatic rings. The molecule has 2 saturated carbocycles. The first kappa shape index (κ1) is 30.3. The van der Waals surface area contributed by atoms with Gasteiger partial charge in [-0.25, -0.2) is 0 Å². The lowest BCUT2D eigenvalue weighted by molar-refractivity contribution is -0.140. The number of hydrogen-bond acceptors (Lipinski definition) is 4. The van der Waals surface area contributed by atoms with E-state index in [0.717, 1.165) is 11.8 Å². The van der Waals surface area contributed by atoms with Crippen molar-refractivity contribution in [3.05, 3.63) is 59.7 Å². The minimum atomic E-state index is -0.411. The molecule has 0 unspecified atom stereocenters. The van der Waals surface area contributed by atoms with Gasteiger partial charge in [0.2, 0.25) is 0 Å². The number of carbonyl (C=O) groups is 2. The molecule has 2 aromatic carbocycles. The summed E-state index contributed by atoms with van der Waals surface area (Å²) in [5, 5.41) is 0. The van der Waals surface area contributed by atoms with Crippen LogP contribution in [0.2, 0.25) is 0 Å². The van der Waals surface area contributed by atoms with Crippen LogP contribution in [0.4, 0.5) is 0 Å². The van der Waals surface area contributed by atoms with Gasteiger partial charge in [-0.15, -0.1) is 0 Å². The average Bonchev–Trinajstić information content (AvgIpc) is 2.99. The number of ether oxygens (including phenoxy) is 2. The maximum absolute atomic E-state index is 12.3. The van der Waals surface area contributed by atoms with Gasteiger partial charge in [0.1, 0.15) is 11.5 Å². The van der Waals surface area contributed by atoms with Crippen LogP contribution in [0.3, 0.4) is 0 Å². The number of rotatable bonds is 13. The fourth-order valence-electron chi connectivity index (χ4n) is 6.74. The van der Waals surface area contributed by atoms with Gasteiger partial charge in [-0.05, 0) is 110 Å². The average molecular weight is 547 g/mol. The Balaban J connectivity index is 1.14. The molecule has 2 aliphatic rings. The lowest BCUT2D eigenvalue weighted by atomic mass is 9.77. The second-order valence-corrected chi connectivity index (χ2v) is 12.3. The Bertz CT molecular complexity index is 940. The second-order valence-electron chi connectivity index (χ2n) is 12.3. The van der Waals surface area contributed by atoms with E-state index in [9.17, 15) is 9.59 Å². The maximum Gasteiger partial charge on any atom is 0.311 e. The van der Waals surface area contributed by atoms with Crippen molar-refractivity contribution < 1.29 is 19.1 Å². The molecule has 4 rings (SSSR count). The fraction of sp³-hybridized carbons (Fsp3) is 0.611. The lowest BCUT2D eigenvalue weighted by Gasteiger charge is -2.28. The summed E-state index contributed by atoms with van der Waals surface area (Å²) < 4.78 is 11.0. The van der Waals surface area contributed by atoms with Crippen LogP contribution < -0.4 is 9.47 Å². The van der Waals surface area contributed by atoms with Crippen molar-refractivity contribution >= 4 is 11.9 Å². The Morgan fingerprint density at radius 2 is 0.925 bits per heavy atom. The first-order valence-electron chi connectivity index (χ1n) is 16.1. The van der Waals surface area contributed by atoms with Crippen molar-refractivity contribution in [2.75, 3.05) is 0 Å². The Morgan fingerprint density at radius 1 is 0.575 bits per heavy atom. The molecule has 40 heavy (non-hydrogen) atoms.